The van der Waals surface area contributed by atoms with Crippen LogP contribution in [0, 0.1) is 0 Å². The van der Waals surface area contributed by atoms with E-state index in [1.165, 1.54) is 12.0 Å². The molecule has 0 unspecified atom stereocenters. The van der Waals surface area contributed by atoms with Crippen molar-refractivity contribution in [3.05, 3.63) is 72.8 Å². The minimum atomic E-state index is -0.465. The Morgan fingerprint density at radius 2 is 2.00 bits per heavy atom. The van der Waals surface area contributed by atoms with Crippen LogP contribution in [0.25, 0.3) is 0 Å². The third kappa shape index (κ3) is 3.05. The van der Waals surface area contributed by atoms with Crippen LogP contribution in [0.4, 0.5) is 0 Å². The van der Waals surface area contributed by atoms with Crippen molar-refractivity contribution in [3.63, 3.8) is 0 Å². The van der Waals surface area contributed by atoms with Gasteiger partial charge < -0.3 is 14.6 Å². The maximum Gasteiger partial charge on any atom is 0.215 e. The molecule has 3 aromatic rings. The summed E-state index contributed by atoms with van der Waals surface area (Å²) in [5.74, 6) is 1.26. The van der Waals surface area contributed by atoms with Gasteiger partial charge in [-0.2, -0.15) is 5.10 Å². The summed E-state index contributed by atoms with van der Waals surface area (Å²) in [6.45, 7) is 0. The minimum Gasteiger partial charge on any atom is -0.503 e. The molecule has 5 nitrogen and oxygen atoms in total. The Kier molecular flexibility index (Phi) is 4.80. The van der Waals surface area contributed by atoms with E-state index in [4.69, 9.17) is 14.6 Å². The maximum atomic E-state index is 10.3. The van der Waals surface area contributed by atoms with Crippen molar-refractivity contribution in [2.24, 2.45) is 5.10 Å². The molecule has 3 heterocycles. The van der Waals surface area contributed by atoms with E-state index in [1.807, 2.05) is 29.3 Å². The number of benzene rings is 2. The van der Waals surface area contributed by atoms with Crippen LogP contribution in [0.3, 0.4) is 0 Å². The van der Waals surface area contributed by atoms with E-state index in [0.29, 0.717) is 14.7 Å². The summed E-state index contributed by atoms with van der Waals surface area (Å²) in [4.78, 5) is 1.17. The standard InChI is InChI=1S/C21H16Br2N2O3S/c1-27-16-9-12(18(22)19(23)20(16)26)21-25-14(11-5-2-3-6-15(11)28-21)10-13(24-25)17-7-4-8-29-17/h2-9,14,21,26H,10H2,1H3/t14-,21+/m0/s1. The molecule has 0 fully saturated rings. The predicted molar refractivity (Wildman–Crippen MR) is 120 cm³/mol. The normalized spacial score (nSPS) is 20.0. The van der Waals surface area contributed by atoms with Crippen molar-refractivity contribution in [1.82, 2.24) is 5.01 Å². The van der Waals surface area contributed by atoms with E-state index in [1.54, 1.807) is 17.4 Å². The van der Waals surface area contributed by atoms with Crippen LogP contribution in [0.1, 0.15) is 34.7 Å². The maximum absolute atomic E-state index is 10.3. The fourth-order valence-electron chi connectivity index (χ4n) is 3.78. The summed E-state index contributed by atoms with van der Waals surface area (Å²) in [5.41, 5.74) is 3.00. The fraction of sp³-hybridized carbons (Fsp3) is 0.190. The monoisotopic (exact) mass is 534 g/mol. The van der Waals surface area contributed by atoms with Crippen LogP contribution in [-0.2, 0) is 0 Å². The summed E-state index contributed by atoms with van der Waals surface area (Å²) in [5, 5.41) is 19.4. The Morgan fingerprint density at radius 1 is 1.17 bits per heavy atom. The second kappa shape index (κ2) is 7.34. The average molecular weight is 536 g/mol. The lowest BCUT2D eigenvalue weighted by atomic mass is 9.97. The van der Waals surface area contributed by atoms with Gasteiger partial charge in [-0.25, -0.2) is 5.01 Å². The number of hydrogen-bond acceptors (Lipinski definition) is 6. The van der Waals surface area contributed by atoms with Gasteiger partial charge >= 0.3 is 0 Å². The van der Waals surface area contributed by atoms with Gasteiger partial charge in [0.15, 0.2) is 11.5 Å². The molecule has 0 saturated carbocycles. The number of rotatable bonds is 3. The molecule has 0 amide bonds. The van der Waals surface area contributed by atoms with E-state index >= 15 is 0 Å². The quantitative estimate of drug-likeness (QED) is 0.432. The van der Waals surface area contributed by atoms with Crippen LogP contribution >= 0.6 is 43.2 Å². The highest BCUT2D eigenvalue weighted by Gasteiger charge is 2.42. The molecule has 2 aliphatic heterocycles. The predicted octanol–water partition coefficient (Wildman–Crippen LogP) is 6.23. The van der Waals surface area contributed by atoms with Crippen molar-refractivity contribution in [3.8, 4) is 17.2 Å². The molecule has 29 heavy (non-hydrogen) atoms. The van der Waals surface area contributed by atoms with Crippen LogP contribution < -0.4 is 9.47 Å². The van der Waals surface area contributed by atoms with Gasteiger partial charge in [-0.1, -0.05) is 24.3 Å². The van der Waals surface area contributed by atoms with Gasteiger partial charge in [-0.05, 0) is 55.4 Å². The third-order valence-electron chi connectivity index (χ3n) is 5.16. The number of phenolic OH excluding ortho intramolecular Hbond substituents is 1. The number of aromatic hydroxyl groups is 1. The summed E-state index contributed by atoms with van der Waals surface area (Å²) in [6.07, 6.45) is 0.346. The summed E-state index contributed by atoms with van der Waals surface area (Å²) < 4.78 is 13.0. The van der Waals surface area contributed by atoms with Crippen LogP contribution in [0.5, 0.6) is 17.2 Å². The van der Waals surface area contributed by atoms with Crippen molar-refractivity contribution in [2.45, 2.75) is 18.7 Å². The van der Waals surface area contributed by atoms with Crippen LogP contribution in [0.15, 0.2) is 61.9 Å². The highest BCUT2D eigenvalue weighted by Crippen LogP contribution is 2.51. The molecule has 5 rings (SSSR count). The lowest BCUT2D eigenvalue weighted by Crippen LogP contribution is -2.34. The Hall–Kier alpha value is -2.03. The molecule has 1 aromatic heterocycles. The van der Waals surface area contributed by atoms with E-state index in [2.05, 4.69) is 49.4 Å². The first-order valence-corrected chi connectivity index (χ1v) is 11.4. The summed E-state index contributed by atoms with van der Waals surface area (Å²) in [6, 6.07) is 14.1. The Morgan fingerprint density at radius 3 is 2.76 bits per heavy atom. The first-order chi connectivity index (χ1) is 14.1. The number of para-hydroxylation sites is 1. The lowest BCUT2D eigenvalue weighted by Gasteiger charge is -2.38. The van der Waals surface area contributed by atoms with E-state index < -0.39 is 6.23 Å². The number of fused-ring (bicyclic) bond motifs is 3. The Balaban J connectivity index is 1.66. The second-order valence-electron chi connectivity index (χ2n) is 6.78. The van der Waals surface area contributed by atoms with E-state index in [0.717, 1.165) is 29.0 Å². The molecular weight excluding hydrogens is 520 g/mol. The van der Waals surface area contributed by atoms with E-state index in [9.17, 15) is 5.11 Å². The molecule has 0 aliphatic carbocycles. The number of hydrazone groups is 1. The number of thiophene rings is 1. The molecule has 8 heteroatoms. The van der Waals surface area contributed by atoms with Crippen molar-refractivity contribution < 1.29 is 14.6 Å². The zero-order valence-electron chi connectivity index (χ0n) is 15.3. The fourth-order valence-corrected chi connectivity index (χ4v) is 5.42. The number of ether oxygens (including phenoxy) is 2. The SMILES string of the molecule is COc1cc([C@H]2Oc3ccccc3[C@@H]3CC(c4cccs4)=NN23)c(Br)c(Br)c1O. The van der Waals surface area contributed by atoms with Gasteiger partial charge in [0.25, 0.3) is 0 Å². The van der Waals surface area contributed by atoms with Crippen molar-refractivity contribution in [2.75, 3.05) is 7.11 Å². The largest absolute Gasteiger partial charge is 0.503 e. The lowest BCUT2D eigenvalue weighted by molar-refractivity contribution is -0.0196. The number of methoxy groups -OCH3 is 1. The molecule has 0 saturated heterocycles. The number of nitrogens with zero attached hydrogens (tertiary/aromatic N) is 2. The molecule has 0 spiro atoms. The first-order valence-electron chi connectivity index (χ1n) is 8.98. The number of hydrogen-bond donors (Lipinski definition) is 1. The van der Waals surface area contributed by atoms with Gasteiger partial charge in [0.05, 0.1) is 28.2 Å². The van der Waals surface area contributed by atoms with Crippen molar-refractivity contribution in [1.29, 1.82) is 0 Å². The van der Waals surface area contributed by atoms with Crippen LogP contribution in [-0.4, -0.2) is 22.9 Å². The van der Waals surface area contributed by atoms with Gasteiger partial charge in [-0.3, -0.25) is 0 Å². The summed E-state index contributed by atoms with van der Waals surface area (Å²) >= 11 is 8.75. The molecule has 0 radical (unpaired) electrons. The zero-order valence-corrected chi connectivity index (χ0v) is 19.3. The molecule has 2 aromatic carbocycles. The first kappa shape index (κ1) is 19.0. The highest BCUT2D eigenvalue weighted by molar-refractivity contribution is 9.13. The molecule has 148 valence electrons. The Labute approximate surface area is 188 Å². The molecule has 0 bridgehead atoms. The van der Waals surface area contributed by atoms with E-state index in [-0.39, 0.29) is 11.8 Å². The summed E-state index contributed by atoms with van der Waals surface area (Å²) in [7, 11) is 1.53. The zero-order chi connectivity index (χ0) is 20.1. The Bertz CT molecular complexity index is 1120. The third-order valence-corrected chi connectivity index (χ3v) is 8.24. The molecule has 2 atom stereocenters. The van der Waals surface area contributed by atoms with Crippen LogP contribution in [0.2, 0.25) is 0 Å². The second-order valence-corrected chi connectivity index (χ2v) is 9.31. The van der Waals surface area contributed by atoms with Crippen molar-refractivity contribution >= 4 is 48.9 Å². The van der Waals surface area contributed by atoms with Gasteiger partial charge in [0.1, 0.15) is 5.75 Å². The molecular formula is C21H16Br2N2O3S. The number of phenols is 1. The molecule has 1 N–H and O–H groups in total. The smallest absolute Gasteiger partial charge is 0.215 e. The number of halogens is 2. The minimum absolute atomic E-state index is 0.0417. The topological polar surface area (TPSA) is 54.3 Å². The molecule has 2 aliphatic rings. The van der Waals surface area contributed by atoms with Gasteiger partial charge in [0, 0.05) is 22.0 Å². The highest BCUT2D eigenvalue weighted by atomic mass is 79.9. The van der Waals surface area contributed by atoms with Gasteiger partial charge in [0.2, 0.25) is 6.23 Å². The van der Waals surface area contributed by atoms with Gasteiger partial charge in [-0.15, -0.1) is 11.3 Å². The average Bonchev–Trinajstić information content (AvgIpc) is 3.42.